The first kappa shape index (κ1) is 8.90. The fraction of sp³-hybridized carbons (Fsp3) is 0.600. The number of aliphatic carboxylic acids is 1. The number of ether oxygens (including phenoxy) is 1. The Labute approximate surface area is 57.8 Å². The number of rotatable bonds is 3. The number of hydrogen-bond acceptors (Lipinski definition) is 3. The molecule has 5 nitrogen and oxygen atoms in total. The van der Waals surface area contributed by atoms with E-state index in [2.05, 4.69) is 10.5 Å². The van der Waals surface area contributed by atoms with E-state index < -0.39 is 18.0 Å². The van der Waals surface area contributed by atoms with Crippen LogP contribution in [0.5, 0.6) is 0 Å². The van der Waals surface area contributed by atoms with Crippen molar-refractivity contribution in [3.05, 3.63) is 0 Å². The van der Waals surface area contributed by atoms with E-state index in [1.165, 1.54) is 7.11 Å². The summed E-state index contributed by atoms with van der Waals surface area (Å²) < 4.78 is 4.23. The van der Waals surface area contributed by atoms with Gasteiger partial charge in [0.25, 0.3) is 0 Å². The molecule has 0 radical (unpaired) electrons. The molecule has 4 N–H and O–H groups in total. The highest BCUT2D eigenvalue weighted by molar-refractivity contribution is 5.79. The van der Waals surface area contributed by atoms with Gasteiger partial charge in [0.1, 0.15) is 6.42 Å². The molecule has 0 saturated carbocycles. The van der Waals surface area contributed by atoms with Crippen LogP contribution in [-0.2, 0) is 14.3 Å². The summed E-state index contributed by atoms with van der Waals surface area (Å²) in [6.07, 6.45) is -0.175. The van der Waals surface area contributed by atoms with Crippen molar-refractivity contribution in [1.29, 1.82) is 0 Å². The molecule has 1 unspecified atom stereocenters. The van der Waals surface area contributed by atoms with Gasteiger partial charge >= 0.3 is 11.9 Å². The molecule has 0 saturated heterocycles. The molecule has 0 aromatic heterocycles. The number of carboxylic acid groups (broad SMARTS) is 1. The Bertz CT molecular complexity index is 145. The van der Waals surface area contributed by atoms with Gasteiger partial charge in [0, 0.05) is 0 Å². The molecule has 0 amide bonds. The summed E-state index contributed by atoms with van der Waals surface area (Å²) in [5.41, 5.74) is 3.23. The van der Waals surface area contributed by atoms with Gasteiger partial charge in [0.2, 0.25) is 0 Å². The molecule has 5 heteroatoms. The third kappa shape index (κ3) is 3.03. The van der Waals surface area contributed by atoms with Crippen molar-refractivity contribution in [3.63, 3.8) is 0 Å². The van der Waals surface area contributed by atoms with Crippen molar-refractivity contribution in [2.24, 2.45) is 0 Å². The van der Waals surface area contributed by atoms with Crippen molar-refractivity contribution >= 4 is 11.9 Å². The minimum Gasteiger partial charge on any atom is -0.477 e. The van der Waals surface area contributed by atoms with Crippen LogP contribution in [-0.4, -0.2) is 30.2 Å². The van der Waals surface area contributed by atoms with E-state index in [0.29, 0.717) is 0 Å². The summed E-state index contributed by atoms with van der Waals surface area (Å²) in [4.78, 5) is 20.5. The number of hydrogen-bond donors (Lipinski definition) is 2. The molecule has 1 atom stereocenters. The van der Waals surface area contributed by atoms with Gasteiger partial charge in [-0.3, -0.25) is 4.79 Å². The third-order valence-electron chi connectivity index (χ3n) is 0.990. The molecule has 0 bridgehead atoms. The fourth-order valence-electron chi connectivity index (χ4n) is 0.372. The van der Waals surface area contributed by atoms with Crippen LogP contribution in [0.4, 0.5) is 0 Å². The zero-order valence-electron chi connectivity index (χ0n) is 5.66. The highest BCUT2D eigenvalue weighted by Crippen LogP contribution is 1.87. The van der Waals surface area contributed by atoms with Gasteiger partial charge < -0.3 is 15.6 Å². The summed E-state index contributed by atoms with van der Waals surface area (Å²) in [6, 6.07) is -0.910. The Balaban J connectivity index is 3.68. The number of esters is 1. The van der Waals surface area contributed by atoms with Gasteiger partial charge in [-0.1, -0.05) is 0 Å². The standard InChI is InChI=1S/C5H9NO4/c1-10-4(7)2-3(6)5(8)9/h3H,2,6H2,1H3,(H,8,9)/p+1. The first-order chi connectivity index (χ1) is 4.57. The maximum atomic E-state index is 10.4. The largest absolute Gasteiger partial charge is 0.477 e. The second kappa shape index (κ2) is 3.84. The number of quaternary nitrogens is 1. The lowest BCUT2D eigenvalue weighted by atomic mass is 10.2. The highest BCUT2D eigenvalue weighted by atomic mass is 16.5. The van der Waals surface area contributed by atoms with E-state index in [4.69, 9.17) is 5.11 Å². The van der Waals surface area contributed by atoms with Crippen LogP contribution >= 0.6 is 0 Å². The summed E-state index contributed by atoms with van der Waals surface area (Å²) >= 11 is 0. The van der Waals surface area contributed by atoms with E-state index in [-0.39, 0.29) is 6.42 Å². The highest BCUT2D eigenvalue weighted by Gasteiger charge is 2.19. The molecule has 0 aliphatic heterocycles. The predicted molar refractivity (Wildman–Crippen MR) is 30.9 cm³/mol. The molecular formula is C5H10NO4+. The molecule has 0 spiro atoms. The van der Waals surface area contributed by atoms with Gasteiger partial charge in [-0.25, -0.2) is 4.79 Å². The quantitative estimate of drug-likeness (QED) is 0.464. The van der Waals surface area contributed by atoms with Crippen LogP contribution in [0.25, 0.3) is 0 Å². The first-order valence-electron chi connectivity index (χ1n) is 2.70. The number of carbonyl (C=O) groups excluding carboxylic acids is 1. The Morgan fingerprint density at radius 1 is 1.70 bits per heavy atom. The Morgan fingerprint density at radius 3 is 2.50 bits per heavy atom. The predicted octanol–water partition coefficient (Wildman–Crippen LogP) is -1.76. The molecule has 0 aromatic carbocycles. The number of carbonyl (C=O) groups is 2. The van der Waals surface area contributed by atoms with Crippen molar-refractivity contribution < 1.29 is 25.2 Å². The molecule has 0 heterocycles. The molecule has 0 aromatic rings. The monoisotopic (exact) mass is 148 g/mol. The average molecular weight is 148 g/mol. The number of carboxylic acids is 1. The minimum absolute atomic E-state index is 0.175. The van der Waals surface area contributed by atoms with Crippen LogP contribution in [0, 0.1) is 0 Å². The second-order valence-electron chi connectivity index (χ2n) is 1.82. The van der Waals surface area contributed by atoms with Crippen LogP contribution in [0.1, 0.15) is 6.42 Å². The van der Waals surface area contributed by atoms with Crippen molar-refractivity contribution in [2.45, 2.75) is 12.5 Å². The van der Waals surface area contributed by atoms with E-state index in [0.717, 1.165) is 0 Å². The summed E-state index contributed by atoms with van der Waals surface area (Å²) in [5, 5.41) is 8.26. The van der Waals surface area contributed by atoms with E-state index in [9.17, 15) is 9.59 Å². The maximum Gasteiger partial charge on any atom is 0.362 e. The Morgan fingerprint density at radius 2 is 2.20 bits per heavy atom. The minimum atomic E-state index is -1.09. The normalized spacial score (nSPS) is 12.2. The van der Waals surface area contributed by atoms with Crippen molar-refractivity contribution in [1.82, 2.24) is 0 Å². The topological polar surface area (TPSA) is 91.2 Å². The van der Waals surface area contributed by atoms with Gasteiger partial charge in [-0.05, 0) is 0 Å². The SMILES string of the molecule is COC(=O)CC([NH3+])C(=O)O. The summed E-state index contributed by atoms with van der Waals surface area (Å²) in [6.45, 7) is 0. The van der Waals surface area contributed by atoms with Crippen molar-refractivity contribution in [2.75, 3.05) is 7.11 Å². The lowest BCUT2D eigenvalue weighted by Gasteiger charge is -1.99. The molecule has 10 heavy (non-hydrogen) atoms. The van der Waals surface area contributed by atoms with Crippen LogP contribution < -0.4 is 5.73 Å². The molecule has 0 aliphatic rings. The Hall–Kier alpha value is -1.10. The van der Waals surface area contributed by atoms with E-state index >= 15 is 0 Å². The Kier molecular flexibility index (Phi) is 3.42. The summed E-state index contributed by atoms with van der Waals surface area (Å²) in [5.74, 6) is -1.65. The summed E-state index contributed by atoms with van der Waals surface area (Å²) in [7, 11) is 1.21. The van der Waals surface area contributed by atoms with Gasteiger partial charge in [0.05, 0.1) is 7.11 Å². The number of methoxy groups -OCH3 is 1. The van der Waals surface area contributed by atoms with Crippen LogP contribution in [0.2, 0.25) is 0 Å². The average Bonchev–Trinajstić information content (AvgIpc) is 1.87. The fourth-order valence-corrected chi connectivity index (χ4v) is 0.372. The van der Waals surface area contributed by atoms with Gasteiger partial charge in [-0.2, -0.15) is 0 Å². The zero-order chi connectivity index (χ0) is 8.15. The first-order valence-corrected chi connectivity index (χ1v) is 2.70. The van der Waals surface area contributed by atoms with E-state index in [1.807, 2.05) is 0 Å². The smallest absolute Gasteiger partial charge is 0.362 e. The van der Waals surface area contributed by atoms with E-state index in [1.54, 1.807) is 0 Å². The zero-order valence-corrected chi connectivity index (χ0v) is 5.66. The second-order valence-corrected chi connectivity index (χ2v) is 1.82. The van der Waals surface area contributed by atoms with Crippen molar-refractivity contribution in [3.8, 4) is 0 Å². The molecule has 0 rings (SSSR count). The van der Waals surface area contributed by atoms with Gasteiger partial charge in [0.15, 0.2) is 6.04 Å². The molecular weight excluding hydrogens is 138 g/mol. The molecule has 0 fully saturated rings. The van der Waals surface area contributed by atoms with Gasteiger partial charge in [-0.15, -0.1) is 0 Å². The molecule has 58 valence electrons. The van der Waals surface area contributed by atoms with Crippen LogP contribution in [0.15, 0.2) is 0 Å². The van der Waals surface area contributed by atoms with Crippen LogP contribution in [0.3, 0.4) is 0 Å². The lowest BCUT2D eigenvalue weighted by molar-refractivity contribution is -0.407. The molecule has 0 aliphatic carbocycles. The maximum absolute atomic E-state index is 10.4. The third-order valence-corrected chi connectivity index (χ3v) is 0.990. The lowest BCUT2D eigenvalue weighted by Crippen LogP contribution is -2.65.